The number of thiazole rings is 1. The van der Waals surface area contributed by atoms with Crippen LogP contribution >= 0.6 is 11.3 Å². The third kappa shape index (κ3) is 3.83. The Labute approximate surface area is 144 Å². The van der Waals surface area contributed by atoms with Gasteiger partial charge >= 0.3 is 0 Å². The van der Waals surface area contributed by atoms with Crippen LogP contribution in [-0.4, -0.2) is 10.9 Å². The second kappa shape index (κ2) is 7.31. The van der Waals surface area contributed by atoms with Gasteiger partial charge in [0.15, 0.2) is 5.76 Å². The smallest absolute Gasteiger partial charge is 0.287 e. The summed E-state index contributed by atoms with van der Waals surface area (Å²) in [5.74, 6) is 1.43. The number of carbonyl (C=O) groups is 1. The Morgan fingerprint density at radius 3 is 2.88 bits per heavy atom. The Kier molecular flexibility index (Phi) is 4.96. The van der Waals surface area contributed by atoms with Crippen molar-refractivity contribution in [1.82, 2.24) is 10.3 Å². The van der Waals surface area contributed by atoms with E-state index in [1.54, 1.807) is 6.20 Å². The molecule has 0 aliphatic rings. The highest BCUT2D eigenvalue weighted by molar-refractivity contribution is 7.09. The van der Waals surface area contributed by atoms with Gasteiger partial charge in [-0.1, -0.05) is 18.2 Å². The molecule has 0 saturated carbocycles. The molecule has 2 aromatic heterocycles. The maximum absolute atomic E-state index is 12.4. The minimum atomic E-state index is -0.249. The van der Waals surface area contributed by atoms with Crippen LogP contribution in [0.3, 0.4) is 0 Å². The van der Waals surface area contributed by atoms with Crippen LogP contribution in [0.2, 0.25) is 0 Å². The summed E-state index contributed by atoms with van der Waals surface area (Å²) in [6.07, 6.45) is 1.72. The molecule has 0 saturated heterocycles. The minimum absolute atomic E-state index is 0.161. The zero-order valence-corrected chi connectivity index (χ0v) is 14.3. The predicted molar refractivity (Wildman–Crippen MR) is 92.2 cm³/mol. The molecule has 6 heteroatoms. The number of rotatable bonds is 6. The van der Waals surface area contributed by atoms with Crippen LogP contribution in [0.5, 0.6) is 5.75 Å². The Balaban J connectivity index is 1.64. The van der Waals surface area contributed by atoms with Gasteiger partial charge in [-0.15, -0.1) is 11.3 Å². The molecule has 0 aliphatic heterocycles. The maximum Gasteiger partial charge on any atom is 0.287 e. The number of hydrogen-bond acceptors (Lipinski definition) is 5. The van der Waals surface area contributed by atoms with Crippen LogP contribution < -0.4 is 10.1 Å². The number of amides is 1. The van der Waals surface area contributed by atoms with Crippen molar-refractivity contribution in [2.45, 2.75) is 26.5 Å². The fraction of sp³-hybridized carbons (Fsp3) is 0.222. The SMILES string of the molecule is Cc1cc(COc2ccccc2)oc1C(=O)NC(C)c1nccs1. The quantitative estimate of drug-likeness (QED) is 0.732. The molecule has 1 N–H and O–H groups in total. The lowest BCUT2D eigenvalue weighted by atomic mass is 10.2. The highest BCUT2D eigenvalue weighted by Crippen LogP contribution is 2.20. The van der Waals surface area contributed by atoms with E-state index in [1.807, 2.05) is 55.6 Å². The third-order valence-electron chi connectivity index (χ3n) is 3.47. The fourth-order valence-corrected chi connectivity index (χ4v) is 2.93. The molecule has 2 heterocycles. The average Bonchev–Trinajstić information content (AvgIpc) is 3.23. The van der Waals surface area contributed by atoms with Crippen molar-refractivity contribution in [3.05, 3.63) is 70.1 Å². The number of nitrogens with zero attached hydrogens (tertiary/aromatic N) is 1. The number of aromatic nitrogens is 1. The lowest BCUT2D eigenvalue weighted by Gasteiger charge is -2.10. The van der Waals surface area contributed by atoms with Crippen molar-refractivity contribution in [3.63, 3.8) is 0 Å². The van der Waals surface area contributed by atoms with Gasteiger partial charge in [0.1, 0.15) is 23.1 Å². The first-order valence-corrected chi connectivity index (χ1v) is 8.49. The fourth-order valence-electron chi connectivity index (χ4n) is 2.29. The van der Waals surface area contributed by atoms with Gasteiger partial charge in [0.25, 0.3) is 5.91 Å². The van der Waals surface area contributed by atoms with E-state index >= 15 is 0 Å². The van der Waals surface area contributed by atoms with Crippen LogP contribution in [0.1, 0.15) is 39.9 Å². The van der Waals surface area contributed by atoms with Crippen molar-refractivity contribution in [2.24, 2.45) is 0 Å². The van der Waals surface area contributed by atoms with E-state index in [0.717, 1.165) is 16.3 Å². The first-order valence-electron chi connectivity index (χ1n) is 7.61. The monoisotopic (exact) mass is 342 g/mol. The predicted octanol–water partition coefficient (Wildman–Crippen LogP) is 4.11. The number of furan rings is 1. The average molecular weight is 342 g/mol. The van der Waals surface area contributed by atoms with Gasteiger partial charge in [0.2, 0.25) is 0 Å². The number of ether oxygens (including phenoxy) is 1. The second-order valence-electron chi connectivity index (χ2n) is 5.39. The molecule has 1 amide bonds. The van der Waals surface area contributed by atoms with Crippen LogP contribution in [-0.2, 0) is 6.61 Å². The standard InChI is InChI=1S/C18H18N2O3S/c1-12-10-15(11-22-14-6-4-3-5-7-14)23-16(12)17(21)20-13(2)18-19-8-9-24-18/h3-10,13H,11H2,1-2H3,(H,20,21). The maximum atomic E-state index is 12.4. The van der Waals surface area contributed by atoms with E-state index in [4.69, 9.17) is 9.15 Å². The van der Waals surface area contributed by atoms with E-state index in [2.05, 4.69) is 10.3 Å². The second-order valence-corrected chi connectivity index (χ2v) is 6.32. The zero-order valence-electron chi connectivity index (χ0n) is 13.5. The molecule has 124 valence electrons. The molecule has 0 aliphatic carbocycles. The molecule has 1 atom stereocenters. The Bertz CT molecular complexity index is 797. The summed E-state index contributed by atoms with van der Waals surface area (Å²) in [7, 11) is 0. The van der Waals surface area contributed by atoms with Crippen LogP contribution in [0.4, 0.5) is 0 Å². The van der Waals surface area contributed by atoms with Gasteiger partial charge < -0.3 is 14.5 Å². The Morgan fingerprint density at radius 2 is 2.17 bits per heavy atom. The Morgan fingerprint density at radius 1 is 1.38 bits per heavy atom. The lowest BCUT2D eigenvalue weighted by molar-refractivity contribution is 0.0907. The van der Waals surface area contributed by atoms with Gasteiger partial charge in [-0.2, -0.15) is 0 Å². The highest BCUT2D eigenvalue weighted by Gasteiger charge is 2.19. The molecule has 0 radical (unpaired) electrons. The molecular formula is C18H18N2O3S. The van der Waals surface area contributed by atoms with Gasteiger partial charge in [-0.05, 0) is 32.0 Å². The van der Waals surface area contributed by atoms with Crippen molar-refractivity contribution in [1.29, 1.82) is 0 Å². The van der Waals surface area contributed by atoms with Gasteiger partial charge in [0.05, 0.1) is 6.04 Å². The topological polar surface area (TPSA) is 64.4 Å². The van der Waals surface area contributed by atoms with Gasteiger partial charge in [-0.25, -0.2) is 4.98 Å². The van der Waals surface area contributed by atoms with E-state index in [-0.39, 0.29) is 18.6 Å². The highest BCUT2D eigenvalue weighted by atomic mass is 32.1. The number of hydrogen-bond donors (Lipinski definition) is 1. The van der Waals surface area contributed by atoms with Crippen molar-refractivity contribution >= 4 is 17.2 Å². The molecule has 3 aromatic rings. The van der Waals surface area contributed by atoms with E-state index in [0.29, 0.717) is 11.5 Å². The van der Waals surface area contributed by atoms with Crippen LogP contribution in [0.25, 0.3) is 0 Å². The molecular weight excluding hydrogens is 324 g/mol. The molecule has 0 spiro atoms. The first-order chi connectivity index (χ1) is 11.6. The Hall–Kier alpha value is -2.60. The number of carbonyl (C=O) groups excluding carboxylic acids is 1. The summed E-state index contributed by atoms with van der Waals surface area (Å²) in [5, 5.41) is 5.65. The number of benzene rings is 1. The summed E-state index contributed by atoms with van der Waals surface area (Å²) < 4.78 is 11.3. The zero-order chi connectivity index (χ0) is 16.9. The largest absolute Gasteiger partial charge is 0.486 e. The summed E-state index contributed by atoms with van der Waals surface area (Å²) in [6.45, 7) is 4.02. The van der Waals surface area contributed by atoms with E-state index in [1.165, 1.54) is 11.3 Å². The molecule has 24 heavy (non-hydrogen) atoms. The lowest BCUT2D eigenvalue weighted by Crippen LogP contribution is -2.26. The van der Waals surface area contributed by atoms with Crippen molar-refractivity contribution in [3.8, 4) is 5.75 Å². The minimum Gasteiger partial charge on any atom is -0.486 e. The van der Waals surface area contributed by atoms with E-state index in [9.17, 15) is 4.79 Å². The molecule has 1 unspecified atom stereocenters. The van der Waals surface area contributed by atoms with Gasteiger partial charge in [-0.3, -0.25) is 4.79 Å². The first kappa shape index (κ1) is 16.3. The normalized spacial score (nSPS) is 11.9. The molecule has 3 rings (SSSR count). The summed E-state index contributed by atoms with van der Waals surface area (Å²) in [6, 6.07) is 11.1. The summed E-state index contributed by atoms with van der Waals surface area (Å²) in [5.41, 5.74) is 0.783. The third-order valence-corrected chi connectivity index (χ3v) is 4.43. The molecule has 5 nitrogen and oxygen atoms in total. The number of para-hydroxylation sites is 1. The summed E-state index contributed by atoms with van der Waals surface area (Å²) >= 11 is 1.51. The van der Waals surface area contributed by atoms with Crippen LogP contribution in [0, 0.1) is 6.92 Å². The molecule has 0 bridgehead atoms. The molecule has 0 fully saturated rings. The van der Waals surface area contributed by atoms with E-state index < -0.39 is 0 Å². The number of nitrogens with one attached hydrogen (secondary N) is 1. The number of aryl methyl sites for hydroxylation is 1. The molecule has 1 aromatic carbocycles. The van der Waals surface area contributed by atoms with Crippen molar-refractivity contribution < 1.29 is 13.9 Å². The van der Waals surface area contributed by atoms with Crippen molar-refractivity contribution in [2.75, 3.05) is 0 Å². The summed E-state index contributed by atoms with van der Waals surface area (Å²) in [4.78, 5) is 16.6. The van der Waals surface area contributed by atoms with Crippen LogP contribution in [0.15, 0.2) is 52.4 Å². The van der Waals surface area contributed by atoms with Gasteiger partial charge in [0, 0.05) is 17.1 Å².